The van der Waals surface area contributed by atoms with Crippen molar-refractivity contribution >= 4 is 5.91 Å². The summed E-state index contributed by atoms with van der Waals surface area (Å²) in [6.45, 7) is 2.19. The number of rotatable bonds is 3. The number of ether oxygens (including phenoxy) is 1. The fraction of sp³-hybridized carbons (Fsp3) is 0.350. The van der Waals surface area contributed by atoms with Gasteiger partial charge in [-0.15, -0.1) is 0 Å². The second-order valence-electron chi connectivity index (χ2n) is 6.88. The molecular formula is C20H23N3O2. The molecule has 4 rings (SSSR count). The van der Waals surface area contributed by atoms with Crippen molar-refractivity contribution in [3.63, 3.8) is 0 Å². The largest absolute Gasteiger partial charge is 0.485 e. The molecule has 0 bridgehead atoms. The second kappa shape index (κ2) is 6.50. The van der Waals surface area contributed by atoms with E-state index in [4.69, 9.17) is 10.5 Å². The van der Waals surface area contributed by atoms with Gasteiger partial charge in [0.05, 0.1) is 6.04 Å². The van der Waals surface area contributed by atoms with Crippen LogP contribution in [-0.2, 0) is 6.54 Å². The summed E-state index contributed by atoms with van der Waals surface area (Å²) < 4.78 is 6.30. The molecule has 0 saturated carbocycles. The maximum atomic E-state index is 12.8. The Balaban J connectivity index is 1.61. The van der Waals surface area contributed by atoms with E-state index in [9.17, 15) is 4.79 Å². The Morgan fingerprint density at radius 1 is 1.28 bits per heavy atom. The molecule has 5 heteroatoms. The summed E-state index contributed by atoms with van der Waals surface area (Å²) in [5.41, 5.74) is 8.10. The summed E-state index contributed by atoms with van der Waals surface area (Å²) in [6.07, 6.45) is 1.73. The van der Waals surface area contributed by atoms with Gasteiger partial charge in [-0.3, -0.25) is 4.79 Å². The zero-order valence-corrected chi connectivity index (χ0v) is 14.1. The molecule has 2 aromatic carbocycles. The molecule has 0 radical (unpaired) electrons. The summed E-state index contributed by atoms with van der Waals surface area (Å²) in [5.74, 6) is 0.802. The van der Waals surface area contributed by atoms with Crippen LogP contribution in [0.4, 0.5) is 0 Å². The van der Waals surface area contributed by atoms with Gasteiger partial charge >= 0.3 is 0 Å². The molecule has 1 saturated heterocycles. The van der Waals surface area contributed by atoms with Crippen molar-refractivity contribution in [3.05, 3.63) is 65.2 Å². The standard InChI is InChI=1S/C20H23N3O2/c21-12-14-4-3-5-15(10-14)19(24)23-17-11-20(8-9-22-13-20)25-18-7-2-1-6-16(17)18/h1-7,10,17,22H,8-9,11-13,21H2,(H,23,24). The Hall–Kier alpha value is -2.37. The summed E-state index contributed by atoms with van der Waals surface area (Å²) in [6, 6.07) is 15.4. The topological polar surface area (TPSA) is 76.4 Å². The fourth-order valence-corrected chi connectivity index (χ4v) is 3.81. The number of fused-ring (bicyclic) bond motifs is 1. The van der Waals surface area contributed by atoms with E-state index in [1.807, 2.05) is 48.5 Å². The van der Waals surface area contributed by atoms with E-state index in [0.29, 0.717) is 12.1 Å². The van der Waals surface area contributed by atoms with Crippen molar-refractivity contribution in [1.82, 2.24) is 10.6 Å². The van der Waals surface area contributed by atoms with E-state index in [1.165, 1.54) is 0 Å². The molecule has 25 heavy (non-hydrogen) atoms. The van der Waals surface area contributed by atoms with Gasteiger partial charge in [-0.25, -0.2) is 0 Å². The van der Waals surface area contributed by atoms with Crippen molar-refractivity contribution in [1.29, 1.82) is 0 Å². The first-order chi connectivity index (χ1) is 12.2. The zero-order valence-electron chi connectivity index (χ0n) is 14.1. The van der Waals surface area contributed by atoms with Crippen molar-refractivity contribution < 1.29 is 9.53 Å². The van der Waals surface area contributed by atoms with Gasteiger partial charge in [-0.05, 0) is 30.3 Å². The predicted molar refractivity (Wildman–Crippen MR) is 96.4 cm³/mol. The SMILES string of the molecule is NCc1cccc(C(=O)NC2CC3(CCNC3)Oc3ccccc32)c1. The molecule has 1 spiro atoms. The lowest BCUT2D eigenvalue weighted by molar-refractivity contribution is 0.0474. The number of amides is 1. The maximum Gasteiger partial charge on any atom is 0.251 e. The fourth-order valence-electron chi connectivity index (χ4n) is 3.81. The van der Waals surface area contributed by atoms with Crippen LogP contribution in [0.1, 0.15) is 40.4 Å². The molecule has 2 unspecified atom stereocenters. The molecule has 1 fully saturated rings. The van der Waals surface area contributed by atoms with Crippen LogP contribution in [0.5, 0.6) is 5.75 Å². The minimum absolute atomic E-state index is 0.0566. The van der Waals surface area contributed by atoms with Gasteiger partial charge in [-0.1, -0.05) is 30.3 Å². The molecule has 0 aromatic heterocycles. The molecule has 5 nitrogen and oxygen atoms in total. The van der Waals surface area contributed by atoms with E-state index < -0.39 is 0 Å². The first kappa shape index (κ1) is 16.1. The third-order valence-corrected chi connectivity index (χ3v) is 5.13. The van der Waals surface area contributed by atoms with Gasteiger partial charge in [0.15, 0.2) is 0 Å². The molecule has 2 aromatic rings. The maximum absolute atomic E-state index is 12.8. The monoisotopic (exact) mass is 337 g/mol. The average Bonchev–Trinajstić information content (AvgIpc) is 3.09. The highest BCUT2D eigenvalue weighted by atomic mass is 16.5. The highest BCUT2D eigenvalue weighted by Crippen LogP contribution is 2.42. The van der Waals surface area contributed by atoms with Crippen LogP contribution in [0, 0.1) is 0 Å². The van der Waals surface area contributed by atoms with E-state index in [2.05, 4.69) is 10.6 Å². The lowest BCUT2D eigenvalue weighted by atomic mass is 9.86. The summed E-state index contributed by atoms with van der Waals surface area (Å²) >= 11 is 0. The molecule has 2 aliphatic heterocycles. The Morgan fingerprint density at radius 2 is 2.16 bits per heavy atom. The smallest absolute Gasteiger partial charge is 0.251 e. The average molecular weight is 337 g/mol. The van der Waals surface area contributed by atoms with Crippen LogP contribution < -0.4 is 21.1 Å². The Kier molecular flexibility index (Phi) is 4.19. The zero-order chi connectivity index (χ0) is 17.3. The van der Waals surface area contributed by atoms with Gasteiger partial charge < -0.3 is 21.1 Å². The highest BCUT2D eigenvalue weighted by Gasteiger charge is 2.43. The third-order valence-electron chi connectivity index (χ3n) is 5.13. The van der Waals surface area contributed by atoms with E-state index in [1.54, 1.807) is 0 Å². The van der Waals surface area contributed by atoms with Crippen molar-refractivity contribution in [2.45, 2.75) is 31.0 Å². The molecule has 2 heterocycles. The summed E-state index contributed by atoms with van der Waals surface area (Å²) in [7, 11) is 0. The van der Waals surface area contributed by atoms with E-state index in [0.717, 1.165) is 42.8 Å². The van der Waals surface area contributed by atoms with Crippen LogP contribution in [0.25, 0.3) is 0 Å². The van der Waals surface area contributed by atoms with Crippen LogP contribution in [0.3, 0.4) is 0 Å². The van der Waals surface area contributed by atoms with Gasteiger partial charge in [0.2, 0.25) is 0 Å². The number of benzene rings is 2. The van der Waals surface area contributed by atoms with Gasteiger partial charge in [0.25, 0.3) is 5.91 Å². The molecular weight excluding hydrogens is 314 g/mol. The number of nitrogens with one attached hydrogen (secondary N) is 2. The quantitative estimate of drug-likeness (QED) is 0.802. The van der Waals surface area contributed by atoms with Gasteiger partial charge in [-0.2, -0.15) is 0 Å². The van der Waals surface area contributed by atoms with Crippen LogP contribution >= 0.6 is 0 Å². The van der Waals surface area contributed by atoms with Gasteiger partial charge in [0.1, 0.15) is 11.4 Å². The number of hydrogen-bond acceptors (Lipinski definition) is 4. The first-order valence-corrected chi connectivity index (χ1v) is 8.78. The second-order valence-corrected chi connectivity index (χ2v) is 6.88. The molecule has 2 atom stereocenters. The molecule has 1 amide bonds. The minimum atomic E-state index is -0.231. The number of carbonyl (C=O) groups is 1. The molecule has 130 valence electrons. The summed E-state index contributed by atoms with van der Waals surface area (Å²) in [5, 5.41) is 6.59. The predicted octanol–water partition coefficient (Wildman–Crippen LogP) is 2.13. The number of hydrogen-bond donors (Lipinski definition) is 3. The van der Waals surface area contributed by atoms with E-state index >= 15 is 0 Å². The Bertz CT molecular complexity index is 784. The number of nitrogens with two attached hydrogens (primary N) is 1. The molecule has 4 N–H and O–H groups in total. The van der Waals surface area contributed by atoms with Crippen LogP contribution in [0.2, 0.25) is 0 Å². The summed E-state index contributed by atoms with van der Waals surface area (Å²) in [4.78, 5) is 12.8. The lowest BCUT2D eigenvalue weighted by Crippen LogP contribution is -2.46. The third kappa shape index (κ3) is 3.13. The Labute approximate surface area is 147 Å². The normalized spacial score (nSPS) is 24.6. The van der Waals surface area contributed by atoms with E-state index in [-0.39, 0.29) is 17.6 Å². The van der Waals surface area contributed by atoms with Gasteiger partial charge in [0, 0.05) is 37.1 Å². The lowest BCUT2D eigenvalue weighted by Gasteiger charge is -2.39. The van der Waals surface area contributed by atoms with Crippen molar-refractivity contribution in [2.24, 2.45) is 5.73 Å². The molecule has 0 aliphatic carbocycles. The van der Waals surface area contributed by atoms with Crippen molar-refractivity contribution in [3.8, 4) is 5.75 Å². The van der Waals surface area contributed by atoms with Crippen LogP contribution in [0.15, 0.2) is 48.5 Å². The Morgan fingerprint density at radius 3 is 2.96 bits per heavy atom. The molecule has 2 aliphatic rings. The van der Waals surface area contributed by atoms with Crippen molar-refractivity contribution in [2.75, 3.05) is 13.1 Å². The minimum Gasteiger partial charge on any atom is -0.485 e. The number of para-hydroxylation sites is 1. The number of carbonyl (C=O) groups excluding carboxylic acids is 1. The van der Waals surface area contributed by atoms with Crippen LogP contribution in [-0.4, -0.2) is 24.6 Å². The highest BCUT2D eigenvalue weighted by molar-refractivity contribution is 5.94. The first-order valence-electron chi connectivity index (χ1n) is 8.78.